The van der Waals surface area contributed by atoms with E-state index in [0.29, 0.717) is 11.5 Å². The molecule has 0 aliphatic rings. The Balaban J connectivity index is 2.54. The normalized spacial score (nSPS) is 12.8. The maximum Gasteiger partial charge on any atom is 0.173 e. The minimum Gasteiger partial charge on any atom is -0.321 e. The molecule has 0 saturated heterocycles. The lowest BCUT2D eigenvalue weighted by Crippen LogP contribution is -2.14. The molecule has 0 fully saturated rings. The third-order valence-corrected chi connectivity index (χ3v) is 2.23. The second-order valence-corrected chi connectivity index (χ2v) is 3.69. The molecule has 1 aromatic carbocycles. The molecule has 0 saturated carbocycles. The van der Waals surface area contributed by atoms with E-state index in [0.717, 1.165) is 5.56 Å². The zero-order valence-electron chi connectivity index (χ0n) is 9.05. The molecule has 6 heteroatoms. The maximum atomic E-state index is 13.7. The number of hydrogen-bond acceptors (Lipinski definition) is 4. The van der Waals surface area contributed by atoms with Gasteiger partial charge in [0.25, 0.3) is 0 Å². The fourth-order valence-electron chi connectivity index (χ4n) is 1.43. The fourth-order valence-corrected chi connectivity index (χ4v) is 1.43. The van der Waals surface area contributed by atoms with Crippen LogP contribution in [-0.4, -0.2) is 20.2 Å². The number of aryl methyl sites for hydroxylation is 1. The van der Waals surface area contributed by atoms with Crippen molar-refractivity contribution in [2.24, 2.45) is 5.73 Å². The Morgan fingerprint density at radius 1 is 1.44 bits per heavy atom. The second-order valence-electron chi connectivity index (χ2n) is 3.69. The van der Waals surface area contributed by atoms with E-state index in [9.17, 15) is 4.39 Å². The Morgan fingerprint density at radius 3 is 2.81 bits per heavy atom. The number of nitrogens with two attached hydrogens (primary N) is 1. The molecule has 16 heavy (non-hydrogen) atoms. The molecule has 1 unspecified atom stereocenters. The zero-order valence-corrected chi connectivity index (χ0v) is 9.05. The topological polar surface area (TPSA) is 69.6 Å². The van der Waals surface area contributed by atoms with Crippen molar-refractivity contribution in [3.05, 3.63) is 35.4 Å². The molecule has 5 nitrogen and oxygen atoms in total. The molecular weight excluding hydrogens is 209 g/mol. The number of aromatic nitrogens is 4. The summed E-state index contributed by atoms with van der Waals surface area (Å²) in [7, 11) is 0. The molecule has 1 heterocycles. The highest BCUT2D eigenvalue weighted by Crippen LogP contribution is 2.16. The summed E-state index contributed by atoms with van der Waals surface area (Å²) in [5.74, 6) is 0.0666. The zero-order chi connectivity index (χ0) is 11.7. The first-order valence-electron chi connectivity index (χ1n) is 4.90. The molecule has 0 amide bonds. The Morgan fingerprint density at radius 2 is 2.19 bits per heavy atom. The molecule has 2 aromatic rings. The van der Waals surface area contributed by atoms with Crippen LogP contribution < -0.4 is 5.73 Å². The van der Waals surface area contributed by atoms with Gasteiger partial charge in [-0.05, 0) is 42.0 Å². The van der Waals surface area contributed by atoms with Crippen LogP contribution in [0, 0.1) is 12.7 Å². The number of nitrogens with zero attached hydrogens (tertiary/aromatic N) is 4. The number of tetrazole rings is 1. The molecule has 84 valence electrons. The Hall–Kier alpha value is -1.82. The molecule has 1 atom stereocenters. The summed E-state index contributed by atoms with van der Waals surface area (Å²) in [4.78, 5) is 0. The summed E-state index contributed by atoms with van der Waals surface area (Å²) in [5.41, 5.74) is 6.84. The standard InChI is InChI=1S/C10H12FN5/c1-6-3-4-9(8(11)5-6)16-10(7(2)12)13-14-15-16/h3-5,7H,12H2,1-2H3. The SMILES string of the molecule is Cc1ccc(-n2nnnc2C(C)N)c(F)c1. The summed E-state index contributed by atoms with van der Waals surface area (Å²) in [6.07, 6.45) is 0. The molecular formula is C10H12FN5. The van der Waals surface area contributed by atoms with Gasteiger partial charge in [-0.1, -0.05) is 6.07 Å². The molecule has 0 aliphatic carbocycles. The highest BCUT2D eigenvalue weighted by Gasteiger charge is 2.14. The summed E-state index contributed by atoms with van der Waals surface area (Å²) in [6, 6.07) is 4.51. The van der Waals surface area contributed by atoms with E-state index >= 15 is 0 Å². The first kappa shape index (κ1) is 10.7. The number of halogens is 1. The lowest BCUT2D eigenvalue weighted by molar-refractivity contribution is 0.594. The van der Waals surface area contributed by atoms with Gasteiger partial charge in [0, 0.05) is 0 Å². The van der Waals surface area contributed by atoms with Crippen LogP contribution in [0.1, 0.15) is 24.4 Å². The van der Waals surface area contributed by atoms with Crippen LogP contribution >= 0.6 is 0 Å². The molecule has 0 aliphatic heterocycles. The van der Waals surface area contributed by atoms with Gasteiger partial charge in [0.2, 0.25) is 0 Å². The van der Waals surface area contributed by atoms with Gasteiger partial charge in [-0.25, -0.2) is 4.39 Å². The van der Waals surface area contributed by atoms with Gasteiger partial charge in [0.05, 0.1) is 6.04 Å². The van der Waals surface area contributed by atoms with E-state index in [-0.39, 0.29) is 11.9 Å². The third-order valence-electron chi connectivity index (χ3n) is 2.23. The van der Waals surface area contributed by atoms with Crippen LogP contribution in [0.25, 0.3) is 5.69 Å². The monoisotopic (exact) mass is 221 g/mol. The molecule has 2 N–H and O–H groups in total. The van der Waals surface area contributed by atoms with Crippen molar-refractivity contribution in [1.29, 1.82) is 0 Å². The van der Waals surface area contributed by atoms with Crippen molar-refractivity contribution in [1.82, 2.24) is 20.2 Å². The van der Waals surface area contributed by atoms with E-state index in [1.165, 1.54) is 10.7 Å². The summed E-state index contributed by atoms with van der Waals surface area (Å²) in [6.45, 7) is 3.56. The minimum atomic E-state index is -0.366. The molecule has 0 radical (unpaired) electrons. The van der Waals surface area contributed by atoms with Crippen LogP contribution in [0.3, 0.4) is 0 Å². The third kappa shape index (κ3) is 1.79. The first-order chi connectivity index (χ1) is 7.59. The molecule has 0 bridgehead atoms. The number of rotatable bonds is 2. The van der Waals surface area contributed by atoms with Gasteiger partial charge in [-0.2, -0.15) is 4.68 Å². The highest BCUT2D eigenvalue weighted by molar-refractivity contribution is 5.35. The van der Waals surface area contributed by atoms with Crippen LogP contribution in [0.15, 0.2) is 18.2 Å². The van der Waals surface area contributed by atoms with Crippen molar-refractivity contribution in [2.45, 2.75) is 19.9 Å². The van der Waals surface area contributed by atoms with Gasteiger partial charge in [0.15, 0.2) is 5.82 Å². The Labute approximate surface area is 92.1 Å². The van der Waals surface area contributed by atoms with Crippen LogP contribution in [0.4, 0.5) is 4.39 Å². The van der Waals surface area contributed by atoms with Crippen molar-refractivity contribution >= 4 is 0 Å². The largest absolute Gasteiger partial charge is 0.321 e. The van der Waals surface area contributed by atoms with E-state index in [1.807, 2.05) is 6.92 Å². The average molecular weight is 221 g/mol. The summed E-state index contributed by atoms with van der Waals surface area (Å²) in [5, 5.41) is 11.0. The molecule has 2 rings (SSSR count). The van der Waals surface area contributed by atoms with Crippen LogP contribution in [0.5, 0.6) is 0 Å². The summed E-state index contributed by atoms with van der Waals surface area (Å²) >= 11 is 0. The van der Waals surface area contributed by atoms with Crippen molar-refractivity contribution in [3.8, 4) is 5.69 Å². The van der Waals surface area contributed by atoms with E-state index < -0.39 is 0 Å². The summed E-state index contributed by atoms with van der Waals surface area (Å²) < 4.78 is 15.0. The van der Waals surface area contributed by atoms with Crippen LogP contribution in [-0.2, 0) is 0 Å². The lowest BCUT2D eigenvalue weighted by atomic mass is 10.2. The first-order valence-corrected chi connectivity index (χ1v) is 4.90. The van der Waals surface area contributed by atoms with E-state index in [1.54, 1.807) is 19.1 Å². The number of benzene rings is 1. The molecule has 0 spiro atoms. The Bertz CT molecular complexity index is 506. The van der Waals surface area contributed by atoms with Gasteiger partial charge in [0.1, 0.15) is 11.5 Å². The fraction of sp³-hybridized carbons (Fsp3) is 0.300. The lowest BCUT2D eigenvalue weighted by Gasteiger charge is -2.08. The maximum absolute atomic E-state index is 13.7. The minimum absolute atomic E-state index is 0.308. The van der Waals surface area contributed by atoms with Gasteiger partial charge < -0.3 is 5.73 Å². The average Bonchev–Trinajstić information content (AvgIpc) is 2.66. The Kier molecular flexibility index (Phi) is 2.66. The van der Waals surface area contributed by atoms with Gasteiger partial charge in [-0.15, -0.1) is 5.10 Å². The van der Waals surface area contributed by atoms with Gasteiger partial charge >= 0.3 is 0 Å². The van der Waals surface area contributed by atoms with Crippen molar-refractivity contribution in [2.75, 3.05) is 0 Å². The molecule has 1 aromatic heterocycles. The van der Waals surface area contributed by atoms with Crippen molar-refractivity contribution in [3.63, 3.8) is 0 Å². The highest BCUT2D eigenvalue weighted by atomic mass is 19.1. The number of hydrogen-bond donors (Lipinski definition) is 1. The smallest absolute Gasteiger partial charge is 0.173 e. The van der Waals surface area contributed by atoms with Crippen LogP contribution in [0.2, 0.25) is 0 Å². The predicted octanol–water partition coefficient (Wildman–Crippen LogP) is 1.13. The van der Waals surface area contributed by atoms with Crippen molar-refractivity contribution < 1.29 is 4.39 Å². The predicted molar refractivity (Wildman–Crippen MR) is 56.5 cm³/mol. The van der Waals surface area contributed by atoms with E-state index in [2.05, 4.69) is 15.5 Å². The van der Waals surface area contributed by atoms with Gasteiger partial charge in [-0.3, -0.25) is 0 Å². The second kappa shape index (κ2) is 3.97. The quantitative estimate of drug-likeness (QED) is 0.825. The van der Waals surface area contributed by atoms with E-state index in [4.69, 9.17) is 5.73 Å².